The number of aryl methyl sites for hydroxylation is 1. The van der Waals surface area contributed by atoms with Gasteiger partial charge in [0.25, 0.3) is 0 Å². The molecular weight excluding hydrogens is 394 g/mol. The molecule has 5 N–H and O–H groups in total. The first-order valence-electron chi connectivity index (χ1n) is 9.92. The van der Waals surface area contributed by atoms with Crippen LogP contribution in [0.4, 0.5) is 5.69 Å². The summed E-state index contributed by atoms with van der Waals surface area (Å²) in [5.74, 6) is 0. The van der Waals surface area contributed by atoms with Crippen LogP contribution in [0.1, 0.15) is 34.8 Å². The minimum atomic E-state index is -1.41. The van der Waals surface area contributed by atoms with Crippen LogP contribution in [0, 0.1) is 0 Å². The Hall–Kier alpha value is -1.67. The Bertz CT molecular complexity index is 874. The van der Waals surface area contributed by atoms with Crippen molar-refractivity contribution in [2.75, 3.05) is 18.5 Å². The van der Waals surface area contributed by atoms with Crippen LogP contribution in [0.25, 0.3) is 0 Å². The van der Waals surface area contributed by atoms with Crippen molar-refractivity contribution in [1.82, 2.24) is 0 Å². The number of hydrogen-bond donors (Lipinski definition) is 5. The zero-order valence-electron chi connectivity index (χ0n) is 16.0. The smallest absolute Gasteiger partial charge is 0.113 e. The van der Waals surface area contributed by atoms with Gasteiger partial charge in [-0.2, -0.15) is 0 Å². The van der Waals surface area contributed by atoms with E-state index in [-0.39, 0.29) is 0 Å². The highest BCUT2D eigenvalue weighted by Gasteiger charge is 2.44. The summed E-state index contributed by atoms with van der Waals surface area (Å²) in [6.07, 6.45) is -3.07. The average Bonchev–Trinajstić information content (AvgIpc) is 2.74. The van der Waals surface area contributed by atoms with E-state index in [1.165, 1.54) is 5.56 Å². The Kier molecular flexibility index (Phi) is 6.11. The fourth-order valence-corrected chi connectivity index (χ4v) is 4.31. The number of hydrogen-bond acceptors (Lipinski definition) is 6. The zero-order chi connectivity index (χ0) is 20.5. The molecule has 0 saturated carbocycles. The van der Waals surface area contributed by atoms with Gasteiger partial charge in [0.15, 0.2) is 0 Å². The Balaban J connectivity index is 1.59. The van der Waals surface area contributed by atoms with Crippen molar-refractivity contribution < 1.29 is 25.2 Å². The van der Waals surface area contributed by atoms with Gasteiger partial charge in [0.2, 0.25) is 0 Å². The van der Waals surface area contributed by atoms with E-state index in [0.717, 1.165) is 36.2 Å². The third-order valence-corrected chi connectivity index (χ3v) is 6.17. The van der Waals surface area contributed by atoms with Gasteiger partial charge in [-0.25, -0.2) is 0 Å². The topological polar surface area (TPSA) is 102 Å². The lowest BCUT2D eigenvalue weighted by molar-refractivity contribution is -0.231. The van der Waals surface area contributed by atoms with Crippen LogP contribution >= 0.6 is 11.6 Å². The summed E-state index contributed by atoms with van der Waals surface area (Å²) >= 11 is 6.42. The number of anilines is 1. The van der Waals surface area contributed by atoms with Crippen LogP contribution in [0.3, 0.4) is 0 Å². The van der Waals surface area contributed by atoms with Gasteiger partial charge in [-0.05, 0) is 53.6 Å². The molecule has 1 saturated heterocycles. The number of nitrogens with one attached hydrogen (secondary N) is 1. The molecule has 2 aromatic rings. The van der Waals surface area contributed by atoms with Crippen molar-refractivity contribution in [2.45, 2.75) is 49.8 Å². The normalized spacial score (nSPS) is 29.2. The predicted octanol–water partition coefficient (Wildman–Crippen LogP) is 1.80. The van der Waals surface area contributed by atoms with Gasteiger partial charge < -0.3 is 30.5 Å². The molecule has 2 aliphatic rings. The first-order chi connectivity index (χ1) is 14.0. The monoisotopic (exact) mass is 419 g/mol. The number of rotatable bonds is 4. The summed E-state index contributed by atoms with van der Waals surface area (Å²) in [5, 5.41) is 43.9. The molecule has 156 valence electrons. The lowest BCUT2D eigenvalue weighted by atomic mass is 9.90. The molecule has 2 aliphatic heterocycles. The molecule has 0 spiro atoms. The van der Waals surface area contributed by atoms with E-state index in [4.69, 9.17) is 16.3 Å². The van der Waals surface area contributed by atoms with Gasteiger partial charge in [-0.1, -0.05) is 35.9 Å². The highest BCUT2D eigenvalue weighted by molar-refractivity contribution is 6.31. The molecule has 4 rings (SSSR count). The standard InChI is InChI=1S/C22H26ClNO5/c23-16-6-5-14(22-21(28)20(27)19(26)18(11-25)29-22)10-15(16)8-12-3-4-13-2-1-7-24-17(13)9-12/h3-6,9-10,18-22,24-28H,1-2,7-8,11H2/t18-,19-,20+,21-,22+/m1/s1. The Morgan fingerprint density at radius 2 is 1.86 bits per heavy atom. The maximum atomic E-state index is 10.4. The summed E-state index contributed by atoms with van der Waals surface area (Å²) in [6, 6.07) is 11.7. The second-order valence-electron chi connectivity index (χ2n) is 7.80. The van der Waals surface area contributed by atoms with Crippen LogP contribution in [0.2, 0.25) is 5.02 Å². The third-order valence-electron chi connectivity index (χ3n) is 5.80. The maximum Gasteiger partial charge on any atom is 0.113 e. The minimum absolute atomic E-state index is 0.454. The molecule has 0 aliphatic carbocycles. The first-order valence-corrected chi connectivity index (χ1v) is 10.3. The second-order valence-corrected chi connectivity index (χ2v) is 8.21. The number of fused-ring (bicyclic) bond motifs is 1. The number of aliphatic hydroxyl groups is 4. The second kappa shape index (κ2) is 8.60. The van der Waals surface area contributed by atoms with Gasteiger partial charge in [0.05, 0.1) is 6.61 Å². The van der Waals surface area contributed by atoms with Crippen molar-refractivity contribution in [3.05, 3.63) is 63.7 Å². The lowest BCUT2D eigenvalue weighted by Gasteiger charge is -2.40. The summed E-state index contributed by atoms with van der Waals surface area (Å²) in [4.78, 5) is 0. The molecule has 5 atom stereocenters. The Morgan fingerprint density at radius 3 is 2.66 bits per heavy atom. The van der Waals surface area contributed by atoms with E-state index < -0.39 is 37.1 Å². The zero-order valence-corrected chi connectivity index (χ0v) is 16.7. The van der Waals surface area contributed by atoms with E-state index in [2.05, 4.69) is 23.5 Å². The molecule has 2 aromatic carbocycles. The summed E-state index contributed by atoms with van der Waals surface area (Å²) < 4.78 is 5.67. The van der Waals surface area contributed by atoms with Crippen LogP contribution in [0.5, 0.6) is 0 Å². The van der Waals surface area contributed by atoms with Crippen molar-refractivity contribution in [2.24, 2.45) is 0 Å². The average molecular weight is 420 g/mol. The number of aliphatic hydroxyl groups excluding tert-OH is 4. The fourth-order valence-electron chi connectivity index (χ4n) is 4.12. The molecule has 0 aromatic heterocycles. The van der Waals surface area contributed by atoms with Crippen LogP contribution < -0.4 is 5.32 Å². The Morgan fingerprint density at radius 1 is 1.03 bits per heavy atom. The van der Waals surface area contributed by atoms with Crippen molar-refractivity contribution in [3.63, 3.8) is 0 Å². The van der Waals surface area contributed by atoms with E-state index in [0.29, 0.717) is 17.0 Å². The van der Waals surface area contributed by atoms with E-state index >= 15 is 0 Å². The summed E-state index contributed by atoms with van der Waals surface area (Å²) in [6.45, 7) is 0.522. The third kappa shape index (κ3) is 4.14. The summed E-state index contributed by atoms with van der Waals surface area (Å²) in [5.41, 5.74) is 5.11. The first kappa shape index (κ1) is 20.6. The van der Waals surface area contributed by atoms with E-state index in [1.54, 1.807) is 12.1 Å². The van der Waals surface area contributed by atoms with Crippen molar-refractivity contribution in [3.8, 4) is 0 Å². The molecule has 29 heavy (non-hydrogen) atoms. The van der Waals surface area contributed by atoms with E-state index in [9.17, 15) is 20.4 Å². The predicted molar refractivity (Wildman–Crippen MR) is 110 cm³/mol. The Labute approximate surface area is 174 Å². The molecule has 0 amide bonds. The number of halogens is 1. The minimum Gasteiger partial charge on any atom is -0.394 e. The van der Waals surface area contributed by atoms with Crippen molar-refractivity contribution in [1.29, 1.82) is 0 Å². The van der Waals surface area contributed by atoms with Crippen molar-refractivity contribution >= 4 is 17.3 Å². The molecule has 1 fully saturated rings. The van der Waals surface area contributed by atoms with Gasteiger partial charge in [-0.15, -0.1) is 0 Å². The molecule has 0 bridgehead atoms. The van der Waals surface area contributed by atoms with Gasteiger partial charge in [0.1, 0.15) is 30.5 Å². The quantitative estimate of drug-likeness (QED) is 0.518. The molecule has 0 radical (unpaired) electrons. The lowest BCUT2D eigenvalue weighted by Crippen LogP contribution is -2.55. The molecular formula is C22H26ClNO5. The van der Waals surface area contributed by atoms with Gasteiger partial charge in [-0.3, -0.25) is 0 Å². The largest absolute Gasteiger partial charge is 0.394 e. The van der Waals surface area contributed by atoms with E-state index in [1.807, 2.05) is 6.07 Å². The van der Waals surface area contributed by atoms with Crippen LogP contribution in [-0.2, 0) is 17.6 Å². The van der Waals surface area contributed by atoms with Gasteiger partial charge in [0, 0.05) is 17.3 Å². The van der Waals surface area contributed by atoms with Crippen LogP contribution in [-0.4, -0.2) is 58.0 Å². The molecule has 0 unspecified atom stereocenters. The molecule has 6 nitrogen and oxygen atoms in total. The number of benzene rings is 2. The molecule has 7 heteroatoms. The highest BCUT2D eigenvalue weighted by Crippen LogP contribution is 2.34. The highest BCUT2D eigenvalue weighted by atomic mass is 35.5. The fraction of sp³-hybridized carbons (Fsp3) is 0.455. The summed E-state index contributed by atoms with van der Waals surface area (Å²) in [7, 11) is 0. The van der Waals surface area contributed by atoms with Gasteiger partial charge >= 0.3 is 0 Å². The SMILES string of the molecule is OC[C@H]1O[C@@H](c2ccc(Cl)c(Cc3ccc4c(c3)NCCC4)c2)[C@H](O)[C@@H](O)[C@@H]1O. The molecule has 2 heterocycles. The number of ether oxygens (including phenoxy) is 1. The maximum absolute atomic E-state index is 10.4. The van der Waals surface area contributed by atoms with Crippen LogP contribution in [0.15, 0.2) is 36.4 Å².